The molecule has 2 rings (SSSR count). The monoisotopic (exact) mass is 247 g/mol. The molecule has 6 heteroatoms. The van der Waals surface area contributed by atoms with Crippen LogP contribution in [-0.2, 0) is 10.0 Å². The fourth-order valence-corrected chi connectivity index (χ4v) is 3.36. The van der Waals surface area contributed by atoms with Crippen LogP contribution in [0.25, 0.3) is 0 Å². The lowest BCUT2D eigenvalue weighted by Gasteiger charge is -2.29. The van der Waals surface area contributed by atoms with Crippen LogP contribution < -0.4 is 10.5 Å². The summed E-state index contributed by atoms with van der Waals surface area (Å²) in [7, 11) is -3.32. The van der Waals surface area contributed by atoms with Crippen LogP contribution in [0.5, 0.6) is 0 Å². The number of nitrogens with one attached hydrogen (secondary N) is 1. The van der Waals surface area contributed by atoms with Crippen molar-refractivity contribution >= 4 is 10.0 Å². The molecule has 0 amide bonds. The Labute approximate surface area is 97.4 Å². The average molecular weight is 247 g/mol. The number of likely N-dealkylation sites (tertiary alicyclic amines) is 1. The van der Waals surface area contributed by atoms with Gasteiger partial charge in [-0.3, -0.25) is 4.90 Å². The van der Waals surface area contributed by atoms with E-state index in [1.807, 2.05) is 0 Å². The molecule has 0 spiro atoms. The quantitative estimate of drug-likeness (QED) is 0.702. The molecule has 2 saturated heterocycles. The number of hydrogen-bond donors (Lipinski definition) is 2. The van der Waals surface area contributed by atoms with Gasteiger partial charge in [0.25, 0.3) is 0 Å². The Morgan fingerprint density at radius 1 is 1.31 bits per heavy atom. The lowest BCUT2D eigenvalue weighted by molar-refractivity contribution is 0.225. The molecule has 94 valence electrons. The Bertz CT molecular complexity index is 325. The average Bonchev–Trinajstić information content (AvgIpc) is 2.84. The summed E-state index contributed by atoms with van der Waals surface area (Å²) in [5.74, 6) is 0.0796. The predicted octanol–water partition coefficient (Wildman–Crippen LogP) is -0.509. The summed E-state index contributed by atoms with van der Waals surface area (Å²) in [6.07, 6.45) is 4.82. The molecule has 3 N–H and O–H groups in total. The molecule has 0 radical (unpaired) electrons. The summed E-state index contributed by atoms with van der Waals surface area (Å²) < 4.78 is 21.9. The van der Waals surface area contributed by atoms with Crippen molar-refractivity contribution in [1.82, 2.24) is 10.2 Å². The molecule has 0 bridgehead atoms. The molecule has 0 aromatic heterocycles. The van der Waals surface area contributed by atoms with Gasteiger partial charge < -0.3 is 5.32 Å². The molecule has 16 heavy (non-hydrogen) atoms. The lowest BCUT2D eigenvalue weighted by Crippen LogP contribution is -2.45. The number of hydrogen-bond acceptors (Lipinski definition) is 4. The van der Waals surface area contributed by atoms with Crippen LogP contribution in [0.4, 0.5) is 0 Å². The molecule has 2 fully saturated rings. The first-order valence-electron chi connectivity index (χ1n) is 6.04. The van der Waals surface area contributed by atoms with Crippen molar-refractivity contribution < 1.29 is 8.42 Å². The molecule has 0 aliphatic carbocycles. The Kier molecular flexibility index (Phi) is 3.84. The normalized spacial score (nSPS) is 32.3. The maximum atomic E-state index is 11.0. The highest BCUT2D eigenvalue weighted by molar-refractivity contribution is 7.89. The minimum absolute atomic E-state index is 0.0796. The van der Waals surface area contributed by atoms with Crippen molar-refractivity contribution in [3.8, 4) is 0 Å². The molecular weight excluding hydrogens is 226 g/mol. The lowest BCUT2D eigenvalue weighted by atomic mass is 10.0. The fraction of sp³-hybridized carbons (Fsp3) is 1.00. The SMILES string of the molecule is NS(=O)(=O)CCN1CCCC1C1CCCN1. The summed E-state index contributed by atoms with van der Waals surface area (Å²) in [6, 6.07) is 1.08. The van der Waals surface area contributed by atoms with Crippen LogP contribution in [-0.4, -0.2) is 50.8 Å². The molecule has 0 aromatic carbocycles. The third-order valence-corrected chi connectivity index (χ3v) is 4.39. The minimum Gasteiger partial charge on any atom is -0.312 e. The second-order valence-corrected chi connectivity index (χ2v) is 6.55. The zero-order valence-corrected chi connectivity index (χ0v) is 10.4. The standard InChI is InChI=1S/C10H21N3O2S/c11-16(14,15)8-7-13-6-2-4-10(13)9-3-1-5-12-9/h9-10,12H,1-8H2,(H2,11,14,15). The van der Waals surface area contributed by atoms with Crippen LogP contribution in [0.3, 0.4) is 0 Å². The Morgan fingerprint density at radius 2 is 2.12 bits per heavy atom. The Balaban J connectivity index is 1.87. The number of sulfonamides is 1. The molecule has 5 nitrogen and oxygen atoms in total. The van der Waals surface area contributed by atoms with Crippen LogP contribution in [0.2, 0.25) is 0 Å². The highest BCUT2D eigenvalue weighted by Crippen LogP contribution is 2.24. The minimum atomic E-state index is -3.32. The zero-order chi connectivity index (χ0) is 11.6. The molecule has 2 unspecified atom stereocenters. The van der Waals surface area contributed by atoms with Gasteiger partial charge in [-0.1, -0.05) is 0 Å². The van der Waals surface area contributed by atoms with E-state index in [2.05, 4.69) is 10.2 Å². The number of nitrogens with two attached hydrogens (primary N) is 1. The zero-order valence-electron chi connectivity index (χ0n) is 9.56. The highest BCUT2D eigenvalue weighted by Gasteiger charge is 2.33. The van der Waals surface area contributed by atoms with E-state index >= 15 is 0 Å². The molecule has 2 aliphatic heterocycles. The van der Waals surface area contributed by atoms with E-state index in [0.717, 1.165) is 13.1 Å². The molecule has 0 aromatic rings. The van der Waals surface area contributed by atoms with Gasteiger partial charge in [0.2, 0.25) is 10.0 Å². The summed E-state index contributed by atoms with van der Waals surface area (Å²) in [5.41, 5.74) is 0. The van der Waals surface area contributed by atoms with Gasteiger partial charge in [-0.2, -0.15) is 0 Å². The molecule has 2 atom stereocenters. The van der Waals surface area contributed by atoms with Gasteiger partial charge in [-0.25, -0.2) is 13.6 Å². The van der Waals surface area contributed by atoms with E-state index in [0.29, 0.717) is 18.6 Å². The Morgan fingerprint density at radius 3 is 2.75 bits per heavy atom. The molecule has 2 aliphatic rings. The van der Waals surface area contributed by atoms with Crippen molar-refractivity contribution in [1.29, 1.82) is 0 Å². The highest BCUT2D eigenvalue weighted by atomic mass is 32.2. The van der Waals surface area contributed by atoms with Crippen LogP contribution >= 0.6 is 0 Å². The first-order chi connectivity index (χ1) is 7.56. The van der Waals surface area contributed by atoms with Crippen LogP contribution in [0.15, 0.2) is 0 Å². The van der Waals surface area contributed by atoms with Crippen LogP contribution in [0, 0.1) is 0 Å². The second kappa shape index (κ2) is 5.00. The van der Waals surface area contributed by atoms with E-state index in [9.17, 15) is 8.42 Å². The largest absolute Gasteiger partial charge is 0.312 e. The van der Waals surface area contributed by atoms with E-state index in [4.69, 9.17) is 5.14 Å². The van der Waals surface area contributed by atoms with Gasteiger partial charge in [0.1, 0.15) is 0 Å². The van der Waals surface area contributed by atoms with Gasteiger partial charge in [-0.05, 0) is 38.8 Å². The summed E-state index contributed by atoms with van der Waals surface area (Å²) >= 11 is 0. The van der Waals surface area contributed by atoms with Crippen molar-refractivity contribution in [2.24, 2.45) is 5.14 Å². The maximum absolute atomic E-state index is 11.0. The smallest absolute Gasteiger partial charge is 0.210 e. The van der Waals surface area contributed by atoms with Crippen molar-refractivity contribution in [3.05, 3.63) is 0 Å². The first-order valence-corrected chi connectivity index (χ1v) is 7.76. The Hall–Kier alpha value is -0.170. The van der Waals surface area contributed by atoms with Gasteiger partial charge in [0.05, 0.1) is 5.75 Å². The first kappa shape index (κ1) is 12.3. The predicted molar refractivity (Wildman–Crippen MR) is 63.6 cm³/mol. The summed E-state index contributed by atoms with van der Waals surface area (Å²) in [6.45, 7) is 2.70. The van der Waals surface area contributed by atoms with Crippen LogP contribution in [0.1, 0.15) is 25.7 Å². The number of nitrogens with zero attached hydrogens (tertiary/aromatic N) is 1. The van der Waals surface area contributed by atoms with Crippen molar-refractivity contribution in [2.45, 2.75) is 37.8 Å². The molecule has 0 saturated carbocycles. The van der Waals surface area contributed by atoms with Gasteiger partial charge in [0.15, 0.2) is 0 Å². The fourth-order valence-electron chi connectivity index (χ4n) is 2.87. The second-order valence-electron chi connectivity index (χ2n) is 4.82. The molecule has 2 heterocycles. The number of rotatable bonds is 4. The van der Waals surface area contributed by atoms with Gasteiger partial charge in [-0.15, -0.1) is 0 Å². The topological polar surface area (TPSA) is 75.4 Å². The maximum Gasteiger partial charge on any atom is 0.210 e. The molecular formula is C10H21N3O2S. The van der Waals surface area contributed by atoms with Gasteiger partial charge >= 0.3 is 0 Å². The van der Waals surface area contributed by atoms with Crippen molar-refractivity contribution in [3.63, 3.8) is 0 Å². The van der Waals surface area contributed by atoms with E-state index in [1.54, 1.807) is 0 Å². The third kappa shape index (κ3) is 3.16. The van der Waals surface area contributed by atoms with E-state index in [1.165, 1.54) is 25.7 Å². The van der Waals surface area contributed by atoms with E-state index in [-0.39, 0.29) is 5.75 Å². The van der Waals surface area contributed by atoms with Gasteiger partial charge in [0, 0.05) is 18.6 Å². The summed E-state index contributed by atoms with van der Waals surface area (Å²) in [5, 5.41) is 8.55. The van der Waals surface area contributed by atoms with E-state index < -0.39 is 10.0 Å². The van der Waals surface area contributed by atoms with Crippen molar-refractivity contribution in [2.75, 3.05) is 25.4 Å². The summed E-state index contributed by atoms with van der Waals surface area (Å²) in [4.78, 5) is 2.29. The number of primary sulfonamides is 1. The third-order valence-electron chi connectivity index (χ3n) is 3.64.